The predicted molar refractivity (Wildman–Crippen MR) is 117 cm³/mol. The van der Waals surface area contributed by atoms with Gasteiger partial charge in [0, 0.05) is 54.2 Å². The van der Waals surface area contributed by atoms with Gasteiger partial charge in [0.2, 0.25) is 5.91 Å². The van der Waals surface area contributed by atoms with E-state index in [0.717, 1.165) is 53.4 Å². The zero-order chi connectivity index (χ0) is 21.2. The van der Waals surface area contributed by atoms with E-state index in [0.29, 0.717) is 19.0 Å². The van der Waals surface area contributed by atoms with E-state index in [1.54, 1.807) is 18.6 Å². The van der Waals surface area contributed by atoms with Crippen LogP contribution in [0.4, 0.5) is 4.39 Å². The summed E-state index contributed by atoms with van der Waals surface area (Å²) in [5.74, 6) is 0.147. The molecule has 2 saturated heterocycles. The summed E-state index contributed by atoms with van der Waals surface area (Å²) in [6, 6.07) is 8.94. The van der Waals surface area contributed by atoms with Crippen LogP contribution in [0, 0.1) is 0 Å². The van der Waals surface area contributed by atoms with Crippen LogP contribution in [0.2, 0.25) is 0 Å². The maximum Gasteiger partial charge on any atom is 0.229 e. The van der Waals surface area contributed by atoms with Crippen molar-refractivity contribution in [2.75, 3.05) is 13.2 Å². The van der Waals surface area contributed by atoms with E-state index in [9.17, 15) is 9.18 Å². The van der Waals surface area contributed by atoms with Crippen molar-refractivity contribution in [3.8, 4) is 11.3 Å². The Balaban J connectivity index is 1.32. The summed E-state index contributed by atoms with van der Waals surface area (Å²) >= 11 is 0. The average molecular weight is 420 g/mol. The number of amides is 1. The molecule has 3 atom stereocenters. The number of halogens is 1. The van der Waals surface area contributed by atoms with Crippen molar-refractivity contribution in [1.82, 2.24) is 25.2 Å². The van der Waals surface area contributed by atoms with Gasteiger partial charge in [-0.05, 0) is 43.2 Å². The molecule has 2 bridgehead atoms. The molecule has 0 saturated carbocycles. The first-order valence-electron chi connectivity index (χ1n) is 11.0. The smallest absolute Gasteiger partial charge is 0.229 e. The number of nitrogens with one attached hydrogen (secondary N) is 1. The van der Waals surface area contributed by atoms with E-state index >= 15 is 0 Å². The lowest BCUT2D eigenvalue weighted by atomic mass is 9.96. The minimum absolute atomic E-state index is 0.147. The van der Waals surface area contributed by atoms with Crippen LogP contribution in [0.25, 0.3) is 22.0 Å². The van der Waals surface area contributed by atoms with Gasteiger partial charge < -0.3 is 10.2 Å². The highest BCUT2D eigenvalue weighted by Gasteiger charge is 2.42. The van der Waals surface area contributed by atoms with Gasteiger partial charge in [0.05, 0.1) is 24.0 Å². The number of nitrogens with zero attached hydrogens (tertiary/aromatic N) is 4. The quantitative estimate of drug-likeness (QED) is 0.664. The number of carbonyl (C=O) groups is 1. The number of aromatic nitrogens is 3. The fraction of sp³-hybridized carbons (Fsp3) is 0.417. The fourth-order valence-electron chi connectivity index (χ4n) is 5.15. The second-order valence-corrected chi connectivity index (χ2v) is 8.50. The van der Waals surface area contributed by atoms with E-state index in [4.69, 9.17) is 0 Å². The molecule has 2 aromatic heterocycles. The first-order chi connectivity index (χ1) is 15.2. The van der Waals surface area contributed by atoms with Crippen LogP contribution in [0.3, 0.4) is 0 Å². The van der Waals surface area contributed by atoms with Crippen molar-refractivity contribution in [2.45, 2.75) is 50.2 Å². The lowest BCUT2D eigenvalue weighted by molar-refractivity contribution is -0.135. The number of pyridine rings is 1. The molecule has 3 aromatic rings. The van der Waals surface area contributed by atoms with Gasteiger partial charge in [-0.1, -0.05) is 12.1 Å². The average Bonchev–Trinajstić information content (AvgIpc) is 3.08. The number of rotatable bonds is 6. The summed E-state index contributed by atoms with van der Waals surface area (Å²) in [6.45, 7) is 0.0519. The highest BCUT2D eigenvalue weighted by atomic mass is 19.1. The Kier molecular flexibility index (Phi) is 5.59. The first-order valence-corrected chi connectivity index (χ1v) is 11.0. The molecular formula is C24H26FN5O. The molecule has 31 heavy (non-hydrogen) atoms. The number of carbonyl (C=O) groups excluding carboxylic acids is 1. The molecule has 2 fully saturated rings. The van der Waals surface area contributed by atoms with Crippen LogP contribution in [0.5, 0.6) is 0 Å². The number of alkyl halides is 1. The summed E-state index contributed by atoms with van der Waals surface area (Å²) in [6.07, 6.45) is 11.1. The van der Waals surface area contributed by atoms with Gasteiger partial charge in [-0.2, -0.15) is 0 Å². The molecule has 160 valence electrons. The Morgan fingerprint density at radius 3 is 2.65 bits per heavy atom. The van der Waals surface area contributed by atoms with E-state index in [1.165, 1.54) is 0 Å². The topological polar surface area (TPSA) is 71.0 Å². The fourth-order valence-corrected chi connectivity index (χ4v) is 5.15. The highest BCUT2D eigenvalue weighted by Crippen LogP contribution is 2.36. The molecule has 1 aromatic carbocycles. The highest BCUT2D eigenvalue weighted by molar-refractivity contribution is 5.87. The van der Waals surface area contributed by atoms with E-state index in [2.05, 4.69) is 31.2 Å². The van der Waals surface area contributed by atoms with Gasteiger partial charge in [0.15, 0.2) is 0 Å². The van der Waals surface area contributed by atoms with Gasteiger partial charge >= 0.3 is 0 Å². The molecule has 6 nitrogen and oxygen atoms in total. The lowest BCUT2D eigenvalue weighted by Crippen LogP contribution is -2.52. The van der Waals surface area contributed by atoms with Crippen LogP contribution in [-0.2, 0) is 11.2 Å². The Morgan fingerprint density at radius 2 is 1.90 bits per heavy atom. The molecular weight excluding hydrogens is 393 g/mol. The lowest BCUT2D eigenvalue weighted by Gasteiger charge is -2.39. The van der Waals surface area contributed by atoms with Crippen molar-refractivity contribution in [1.29, 1.82) is 0 Å². The van der Waals surface area contributed by atoms with Crippen LogP contribution in [-0.4, -0.2) is 57.1 Å². The number of hydrogen-bond donors (Lipinski definition) is 1. The number of benzene rings is 1. The summed E-state index contributed by atoms with van der Waals surface area (Å²) in [5, 5.41) is 5.36. The van der Waals surface area contributed by atoms with Crippen molar-refractivity contribution in [3.05, 3.63) is 54.7 Å². The van der Waals surface area contributed by atoms with Crippen molar-refractivity contribution >= 4 is 16.7 Å². The Hall–Kier alpha value is -2.93. The molecule has 1 N–H and O–H groups in total. The van der Waals surface area contributed by atoms with Gasteiger partial charge in [-0.15, -0.1) is 0 Å². The number of hydrogen-bond acceptors (Lipinski definition) is 5. The Labute approximate surface area is 180 Å². The molecule has 7 heteroatoms. The molecule has 0 radical (unpaired) electrons. The van der Waals surface area contributed by atoms with Crippen molar-refractivity contribution < 1.29 is 9.18 Å². The maximum atomic E-state index is 13.2. The molecule has 0 spiro atoms. The molecule has 2 aliphatic heterocycles. The van der Waals surface area contributed by atoms with Gasteiger partial charge in [0.1, 0.15) is 6.67 Å². The maximum absolute atomic E-state index is 13.2. The Bertz CT molecular complexity index is 1060. The molecule has 1 amide bonds. The molecule has 1 unspecified atom stereocenters. The number of fused-ring (bicyclic) bond motifs is 3. The predicted octanol–water partition coefficient (Wildman–Crippen LogP) is 3.32. The Morgan fingerprint density at radius 1 is 1.06 bits per heavy atom. The zero-order valence-electron chi connectivity index (χ0n) is 17.4. The van der Waals surface area contributed by atoms with Crippen LogP contribution < -0.4 is 5.32 Å². The third-order valence-corrected chi connectivity index (χ3v) is 6.52. The number of piperidine rings is 1. The van der Waals surface area contributed by atoms with E-state index in [-0.39, 0.29) is 24.7 Å². The first kappa shape index (κ1) is 20.0. The summed E-state index contributed by atoms with van der Waals surface area (Å²) < 4.78 is 12.5. The third-order valence-electron chi connectivity index (χ3n) is 6.52. The van der Waals surface area contributed by atoms with Crippen LogP contribution >= 0.6 is 0 Å². The minimum atomic E-state index is -0.347. The van der Waals surface area contributed by atoms with Gasteiger partial charge in [0.25, 0.3) is 0 Å². The summed E-state index contributed by atoms with van der Waals surface area (Å²) in [5.41, 5.74) is 2.59. The third kappa shape index (κ3) is 4.14. The monoisotopic (exact) mass is 419 g/mol. The van der Waals surface area contributed by atoms with Crippen LogP contribution in [0.1, 0.15) is 31.4 Å². The van der Waals surface area contributed by atoms with Crippen molar-refractivity contribution in [3.63, 3.8) is 0 Å². The minimum Gasteiger partial charge on any atom is -0.336 e. The van der Waals surface area contributed by atoms with E-state index in [1.807, 2.05) is 24.4 Å². The summed E-state index contributed by atoms with van der Waals surface area (Å²) in [7, 11) is 0. The molecule has 0 aliphatic carbocycles. The van der Waals surface area contributed by atoms with E-state index < -0.39 is 0 Å². The molecule has 4 heterocycles. The largest absolute Gasteiger partial charge is 0.336 e. The van der Waals surface area contributed by atoms with Crippen LogP contribution in [0.15, 0.2) is 49.1 Å². The summed E-state index contributed by atoms with van der Waals surface area (Å²) in [4.78, 5) is 28.3. The normalized spacial score (nSPS) is 22.7. The standard InChI is InChI=1S/C24H26FN5O/c25-5-6-27-20-11-21-3-4-22(12-20)30(21)24(31)13-19-10-18-9-16(1-2-17(18)14-29-19)23-15-26-7-8-28-23/h1-2,7-10,14-15,20-22,27H,3-6,11-13H2/t20?,21-,22+. The van der Waals surface area contributed by atoms with Gasteiger partial charge in [-0.3, -0.25) is 19.7 Å². The second kappa shape index (κ2) is 8.67. The second-order valence-electron chi connectivity index (χ2n) is 8.50. The SMILES string of the molecule is O=C(Cc1cc2cc(-c3cnccn3)ccc2cn1)N1[C@@H]2CC[C@H]1CC(NCCF)C2. The molecule has 2 aliphatic rings. The molecule has 5 rings (SSSR count). The zero-order valence-corrected chi connectivity index (χ0v) is 17.4. The van der Waals surface area contributed by atoms with Gasteiger partial charge in [-0.25, -0.2) is 4.39 Å². The van der Waals surface area contributed by atoms with Crippen molar-refractivity contribution in [2.24, 2.45) is 0 Å².